The Morgan fingerprint density at radius 2 is 1.83 bits per heavy atom. The van der Waals surface area contributed by atoms with Crippen molar-refractivity contribution in [2.75, 3.05) is 5.32 Å². The van der Waals surface area contributed by atoms with Gasteiger partial charge in [-0.25, -0.2) is 8.78 Å². The van der Waals surface area contributed by atoms with Gasteiger partial charge in [0.15, 0.2) is 22.8 Å². The summed E-state index contributed by atoms with van der Waals surface area (Å²) in [6, 6.07) is 8.32. The highest BCUT2D eigenvalue weighted by atomic mass is 35.5. The lowest BCUT2D eigenvalue weighted by molar-refractivity contribution is 0.0997. The molecule has 1 aromatic heterocycles. The number of halogens is 3. The molecule has 1 amide bonds. The second-order valence-corrected chi connectivity index (χ2v) is 5.13. The minimum atomic E-state index is -1.10. The van der Waals surface area contributed by atoms with Crippen LogP contribution in [0.2, 0.25) is 5.02 Å². The lowest BCUT2D eigenvalue weighted by Gasteiger charge is -2.06. The van der Waals surface area contributed by atoms with Crippen LogP contribution >= 0.6 is 11.6 Å². The van der Waals surface area contributed by atoms with Crippen LogP contribution in [0.25, 0.3) is 11.0 Å². The van der Waals surface area contributed by atoms with Crippen LogP contribution in [0.4, 0.5) is 14.5 Å². The molecule has 2 aromatic carbocycles. The molecular formula is C16H8ClF2NO3. The third-order valence-corrected chi connectivity index (χ3v) is 3.33. The fraction of sp³-hybridized carbons (Fsp3) is 0. The van der Waals surface area contributed by atoms with Crippen LogP contribution in [0.3, 0.4) is 0 Å². The number of nitrogens with one attached hydrogen (secondary N) is 1. The van der Waals surface area contributed by atoms with Crippen LogP contribution in [-0.2, 0) is 0 Å². The summed E-state index contributed by atoms with van der Waals surface area (Å²) in [7, 11) is 0. The zero-order chi connectivity index (χ0) is 16.6. The molecule has 23 heavy (non-hydrogen) atoms. The number of rotatable bonds is 2. The molecule has 0 aliphatic heterocycles. The molecule has 7 heteroatoms. The van der Waals surface area contributed by atoms with Crippen LogP contribution in [-0.4, -0.2) is 5.91 Å². The highest BCUT2D eigenvalue weighted by Crippen LogP contribution is 2.19. The molecule has 0 aliphatic carbocycles. The zero-order valence-corrected chi connectivity index (χ0v) is 12.2. The van der Waals surface area contributed by atoms with Crippen molar-refractivity contribution in [3.8, 4) is 0 Å². The summed E-state index contributed by atoms with van der Waals surface area (Å²) in [5.41, 5.74) is -0.214. The number of hydrogen-bond acceptors (Lipinski definition) is 3. The van der Waals surface area contributed by atoms with E-state index in [4.69, 9.17) is 16.0 Å². The monoisotopic (exact) mass is 335 g/mol. The second kappa shape index (κ2) is 5.81. The summed E-state index contributed by atoms with van der Waals surface area (Å²) >= 11 is 5.80. The Balaban J connectivity index is 1.96. The number of benzene rings is 2. The van der Waals surface area contributed by atoms with Crippen LogP contribution in [0, 0.1) is 11.6 Å². The first kappa shape index (κ1) is 15.2. The molecule has 0 aliphatic rings. The molecule has 1 heterocycles. The van der Waals surface area contributed by atoms with E-state index in [1.54, 1.807) is 0 Å². The summed E-state index contributed by atoms with van der Waals surface area (Å²) in [6.45, 7) is 0. The van der Waals surface area contributed by atoms with Gasteiger partial charge in [-0.1, -0.05) is 11.6 Å². The topological polar surface area (TPSA) is 59.3 Å². The molecule has 0 atom stereocenters. The Hall–Kier alpha value is -2.73. The average Bonchev–Trinajstić information content (AvgIpc) is 2.51. The molecule has 3 aromatic rings. The van der Waals surface area contributed by atoms with Gasteiger partial charge in [-0.15, -0.1) is 0 Å². The van der Waals surface area contributed by atoms with Crippen molar-refractivity contribution in [2.24, 2.45) is 0 Å². The van der Waals surface area contributed by atoms with E-state index in [-0.39, 0.29) is 22.4 Å². The Kier molecular flexibility index (Phi) is 3.83. The zero-order valence-electron chi connectivity index (χ0n) is 11.4. The summed E-state index contributed by atoms with van der Waals surface area (Å²) < 4.78 is 31.3. The van der Waals surface area contributed by atoms with Crippen LogP contribution in [0.15, 0.2) is 51.7 Å². The molecule has 0 spiro atoms. The molecule has 116 valence electrons. The maximum absolute atomic E-state index is 13.1. The van der Waals surface area contributed by atoms with Gasteiger partial charge in [-0.2, -0.15) is 0 Å². The van der Waals surface area contributed by atoms with Gasteiger partial charge < -0.3 is 9.73 Å². The SMILES string of the molecule is O=C(Nc1ccc(F)c(F)c1)c1cc(=O)c2cc(Cl)ccc2o1. The fourth-order valence-corrected chi connectivity index (χ4v) is 2.18. The maximum atomic E-state index is 13.1. The third kappa shape index (κ3) is 3.07. The van der Waals surface area contributed by atoms with E-state index >= 15 is 0 Å². The van der Waals surface area contributed by atoms with Crippen molar-refractivity contribution in [3.63, 3.8) is 0 Å². The minimum absolute atomic E-state index is 0.0350. The van der Waals surface area contributed by atoms with Crippen molar-refractivity contribution >= 4 is 34.2 Å². The number of carbonyl (C=O) groups is 1. The molecule has 1 N–H and O–H groups in total. The van der Waals surface area contributed by atoms with E-state index in [0.717, 1.165) is 18.2 Å². The maximum Gasteiger partial charge on any atom is 0.291 e. The minimum Gasteiger partial charge on any atom is -0.451 e. The van der Waals surface area contributed by atoms with Gasteiger partial charge >= 0.3 is 0 Å². The van der Waals surface area contributed by atoms with Crippen molar-refractivity contribution in [2.45, 2.75) is 0 Å². The fourth-order valence-electron chi connectivity index (χ4n) is 2.01. The Morgan fingerprint density at radius 3 is 2.57 bits per heavy atom. The van der Waals surface area contributed by atoms with Gasteiger partial charge in [-0.05, 0) is 30.3 Å². The van der Waals surface area contributed by atoms with Gasteiger partial charge in [0.1, 0.15) is 5.58 Å². The largest absolute Gasteiger partial charge is 0.451 e. The molecule has 0 unspecified atom stereocenters. The molecule has 0 radical (unpaired) electrons. The van der Waals surface area contributed by atoms with Crippen LogP contribution < -0.4 is 10.7 Å². The Morgan fingerprint density at radius 1 is 1.04 bits per heavy atom. The molecular weight excluding hydrogens is 328 g/mol. The van der Waals surface area contributed by atoms with Crippen molar-refractivity contribution in [1.82, 2.24) is 0 Å². The van der Waals surface area contributed by atoms with Crippen LogP contribution in [0.1, 0.15) is 10.6 Å². The molecule has 4 nitrogen and oxygen atoms in total. The number of anilines is 1. The average molecular weight is 336 g/mol. The quantitative estimate of drug-likeness (QED) is 0.770. The smallest absolute Gasteiger partial charge is 0.291 e. The predicted octanol–water partition coefficient (Wildman–Crippen LogP) is 3.98. The molecule has 3 rings (SSSR count). The van der Waals surface area contributed by atoms with E-state index in [0.29, 0.717) is 5.02 Å². The van der Waals surface area contributed by atoms with Gasteiger partial charge in [0.05, 0.1) is 5.39 Å². The van der Waals surface area contributed by atoms with Crippen LogP contribution in [0.5, 0.6) is 0 Å². The van der Waals surface area contributed by atoms with Crippen molar-refractivity contribution in [1.29, 1.82) is 0 Å². The normalized spacial score (nSPS) is 10.7. The Bertz CT molecular complexity index is 985. The molecule has 0 fully saturated rings. The first-order valence-corrected chi connectivity index (χ1v) is 6.81. The number of fused-ring (bicyclic) bond motifs is 1. The highest BCUT2D eigenvalue weighted by molar-refractivity contribution is 6.31. The first-order valence-electron chi connectivity index (χ1n) is 6.44. The lowest BCUT2D eigenvalue weighted by atomic mass is 10.2. The van der Waals surface area contributed by atoms with Crippen molar-refractivity contribution in [3.05, 3.63) is 75.1 Å². The second-order valence-electron chi connectivity index (χ2n) is 4.70. The molecule has 0 saturated heterocycles. The molecule has 0 saturated carbocycles. The first-order chi connectivity index (χ1) is 10.9. The predicted molar refractivity (Wildman–Crippen MR) is 81.8 cm³/mol. The summed E-state index contributed by atoms with van der Waals surface area (Å²) in [5.74, 6) is -3.14. The highest BCUT2D eigenvalue weighted by Gasteiger charge is 2.14. The van der Waals surface area contributed by atoms with E-state index in [2.05, 4.69) is 5.32 Å². The number of carbonyl (C=O) groups excluding carboxylic acids is 1. The van der Waals surface area contributed by atoms with Gasteiger partial charge in [0, 0.05) is 22.8 Å². The number of amides is 1. The van der Waals surface area contributed by atoms with Gasteiger partial charge in [-0.3, -0.25) is 9.59 Å². The van der Waals surface area contributed by atoms with Crippen molar-refractivity contribution < 1.29 is 18.0 Å². The summed E-state index contributed by atoms with van der Waals surface area (Å²) in [4.78, 5) is 24.1. The van der Waals surface area contributed by atoms with E-state index in [9.17, 15) is 18.4 Å². The summed E-state index contributed by atoms with van der Waals surface area (Å²) in [5, 5.41) is 2.93. The summed E-state index contributed by atoms with van der Waals surface area (Å²) in [6.07, 6.45) is 0. The van der Waals surface area contributed by atoms with E-state index in [1.807, 2.05) is 0 Å². The Labute approximate surface area is 133 Å². The molecule has 0 bridgehead atoms. The number of hydrogen-bond donors (Lipinski definition) is 1. The van der Waals surface area contributed by atoms with Gasteiger partial charge in [0.25, 0.3) is 5.91 Å². The van der Waals surface area contributed by atoms with E-state index < -0.39 is 23.0 Å². The van der Waals surface area contributed by atoms with Gasteiger partial charge in [0.2, 0.25) is 0 Å². The lowest BCUT2D eigenvalue weighted by Crippen LogP contribution is -2.15. The van der Waals surface area contributed by atoms with E-state index in [1.165, 1.54) is 24.3 Å². The standard InChI is InChI=1S/C16H8ClF2NO3/c17-8-1-4-14-10(5-8)13(21)7-15(23-14)16(22)20-9-2-3-11(18)12(19)6-9/h1-7H,(H,20,22). The third-order valence-electron chi connectivity index (χ3n) is 3.09.